The molecule has 0 aromatic rings. The van der Waals surface area contributed by atoms with Crippen LogP contribution < -0.4 is 16.0 Å². The van der Waals surface area contributed by atoms with Crippen molar-refractivity contribution in [3.05, 3.63) is 0 Å². The maximum atomic E-state index is 12.8. The summed E-state index contributed by atoms with van der Waals surface area (Å²) in [5, 5.41) is 6.84. The number of alkyl carbamates (subject to hydrolysis) is 1. The third kappa shape index (κ3) is 19.2. The molecule has 41 heavy (non-hydrogen) atoms. The molecule has 0 radical (unpaired) electrons. The summed E-state index contributed by atoms with van der Waals surface area (Å²) in [6, 6.07) is -4.31. The first kappa shape index (κ1) is 38.4. The van der Waals surface area contributed by atoms with Crippen LogP contribution in [0.5, 0.6) is 0 Å². The lowest BCUT2D eigenvalue weighted by atomic mass is 10.1. The molecule has 0 bridgehead atoms. The van der Waals surface area contributed by atoms with Crippen LogP contribution in [0.3, 0.4) is 0 Å². The molecule has 0 aliphatic rings. The van der Waals surface area contributed by atoms with Gasteiger partial charge >= 0.3 is 28.4 Å². The average Bonchev–Trinajstić information content (AvgIpc) is 2.73. The van der Waals surface area contributed by atoms with Gasteiger partial charge in [-0.05, 0) is 68.7 Å². The van der Waals surface area contributed by atoms with Crippen molar-refractivity contribution in [2.24, 2.45) is 0 Å². The van der Waals surface area contributed by atoms with Gasteiger partial charge in [-0.25, -0.2) is 18.6 Å². The van der Waals surface area contributed by atoms with Crippen molar-refractivity contribution in [1.29, 1.82) is 0 Å². The molecule has 0 saturated carbocycles. The van der Waals surface area contributed by atoms with E-state index in [1.54, 1.807) is 62.3 Å². The minimum Gasteiger partial charge on any atom is -0.458 e. The first-order valence-electron chi connectivity index (χ1n) is 12.6. The summed E-state index contributed by atoms with van der Waals surface area (Å²) in [5.41, 5.74) is -2.68. The summed E-state index contributed by atoms with van der Waals surface area (Å²) in [5.74, 6) is -3.82. The predicted octanol–water partition coefficient (Wildman–Crippen LogP) is 1.06. The maximum absolute atomic E-state index is 12.8. The van der Waals surface area contributed by atoms with Gasteiger partial charge in [0.25, 0.3) is 0 Å². The Morgan fingerprint density at radius 1 is 0.732 bits per heavy atom. The molecule has 238 valence electrons. The number of ether oxygens (including phenoxy) is 3. The zero-order valence-electron chi connectivity index (χ0n) is 24.9. The number of rotatable bonds is 13. The largest absolute Gasteiger partial charge is 0.458 e. The Kier molecular flexibility index (Phi) is 14.6. The van der Waals surface area contributed by atoms with E-state index in [9.17, 15) is 32.4 Å². The average molecular weight is 630 g/mol. The number of carbonyl (C=O) groups is 5. The van der Waals surface area contributed by atoms with Crippen molar-refractivity contribution in [1.82, 2.24) is 16.0 Å². The maximum Gasteiger partial charge on any atom is 0.408 e. The Bertz CT molecular complexity index is 1040. The molecule has 4 N–H and O–H groups in total. The summed E-state index contributed by atoms with van der Waals surface area (Å²) in [6.45, 7) is 13.4. The minimum absolute atomic E-state index is 0.200. The zero-order valence-corrected chi connectivity index (χ0v) is 26.6. The van der Waals surface area contributed by atoms with Gasteiger partial charge in [-0.15, -0.1) is 0 Å². The summed E-state index contributed by atoms with van der Waals surface area (Å²) >= 11 is 4.01. The number of esters is 2. The van der Waals surface area contributed by atoms with Crippen LogP contribution in [0.15, 0.2) is 0 Å². The van der Waals surface area contributed by atoms with Gasteiger partial charge in [-0.3, -0.25) is 14.1 Å². The smallest absolute Gasteiger partial charge is 0.408 e. The lowest BCUT2D eigenvalue weighted by molar-refractivity contribution is -0.158. The van der Waals surface area contributed by atoms with Crippen LogP contribution in [0.1, 0.15) is 75.2 Å². The van der Waals surface area contributed by atoms with Gasteiger partial charge in [0, 0.05) is 12.2 Å². The molecular formula is C24H43N3O12S2. The highest BCUT2D eigenvalue weighted by Gasteiger charge is 2.32. The quantitative estimate of drug-likeness (QED) is 0.0837. The highest BCUT2D eigenvalue weighted by atomic mass is 32.3. The van der Waals surface area contributed by atoms with Gasteiger partial charge in [0.2, 0.25) is 11.8 Å². The zero-order chi connectivity index (χ0) is 32.4. The van der Waals surface area contributed by atoms with Crippen molar-refractivity contribution in [3.8, 4) is 0 Å². The summed E-state index contributed by atoms with van der Waals surface area (Å²) < 4.78 is 51.0. The minimum atomic E-state index is -5.01. The van der Waals surface area contributed by atoms with Crippen molar-refractivity contribution in [3.63, 3.8) is 0 Å². The Morgan fingerprint density at radius 2 is 1.20 bits per heavy atom. The van der Waals surface area contributed by atoms with Crippen LogP contribution in [0.4, 0.5) is 4.79 Å². The van der Waals surface area contributed by atoms with Gasteiger partial charge in [-0.2, -0.15) is 21.0 Å². The molecule has 0 aliphatic heterocycles. The molecule has 0 heterocycles. The fraction of sp³-hybridized carbons (Fsp3) is 0.792. The van der Waals surface area contributed by atoms with E-state index >= 15 is 0 Å². The molecule has 0 rings (SSSR count). The SMILES string of the molecule is CC(C)(C)OC(=O)N[C@@H](CCC(=O)N[C@@H](COS(=O)(=O)O)C(=O)N[C@@H](CS)C(=O)OC(C)(C)C)C(=O)OC(C)(C)C. The lowest BCUT2D eigenvalue weighted by Crippen LogP contribution is -2.55. The van der Waals surface area contributed by atoms with Crippen LogP contribution in [-0.4, -0.2) is 90.1 Å². The fourth-order valence-corrected chi connectivity index (χ4v) is 3.32. The third-order valence-electron chi connectivity index (χ3n) is 4.27. The molecule has 3 atom stereocenters. The van der Waals surface area contributed by atoms with Crippen molar-refractivity contribution < 1.29 is 55.3 Å². The van der Waals surface area contributed by atoms with E-state index in [0.717, 1.165) is 0 Å². The van der Waals surface area contributed by atoms with E-state index < -0.39 is 88.2 Å². The second kappa shape index (κ2) is 15.6. The Morgan fingerprint density at radius 3 is 1.61 bits per heavy atom. The summed E-state index contributed by atoms with van der Waals surface area (Å²) in [6.07, 6.45) is -1.70. The molecule has 0 aromatic carbocycles. The second-order valence-corrected chi connectivity index (χ2v) is 13.3. The van der Waals surface area contributed by atoms with Gasteiger partial charge in [0.1, 0.15) is 34.9 Å². The molecule has 17 heteroatoms. The molecule has 0 fully saturated rings. The second-order valence-electron chi connectivity index (χ2n) is 11.9. The van der Waals surface area contributed by atoms with Crippen molar-refractivity contribution in [2.45, 2.75) is 110 Å². The highest BCUT2D eigenvalue weighted by Crippen LogP contribution is 2.13. The van der Waals surface area contributed by atoms with Gasteiger partial charge in [0.05, 0.1) is 6.61 Å². The summed E-state index contributed by atoms with van der Waals surface area (Å²) in [4.78, 5) is 62.9. The highest BCUT2D eigenvalue weighted by molar-refractivity contribution is 7.81. The van der Waals surface area contributed by atoms with E-state index in [1.165, 1.54) is 0 Å². The monoisotopic (exact) mass is 629 g/mol. The first-order chi connectivity index (χ1) is 18.3. The molecule has 0 unspecified atom stereocenters. The van der Waals surface area contributed by atoms with Crippen LogP contribution in [-0.2, 0) is 48.0 Å². The third-order valence-corrected chi connectivity index (χ3v) is 5.07. The molecule has 0 spiro atoms. The number of hydrogen-bond donors (Lipinski definition) is 5. The molecule has 15 nitrogen and oxygen atoms in total. The molecule has 3 amide bonds. The number of nitrogens with one attached hydrogen (secondary N) is 3. The predicted molar refractivity (Wildman–Crippen MR) is 149 cm³/mol. The van der Waals surface area contributed by atoms with Crippen molar-refractivity contribution >= 4 is 52.9 Å². The van der Waals surface area contributed by atoms with Crippen LogP contribution >= 0.6 is 12.6 Å². The van der Waals surface area contributed by atoms with E-state index in [1.807, 2.05) is 0 Å². The van der Waals surface area contributed by atoms with E-state index in [0.29, 0.717) is 0 Å². The van der Waals surface area contributed by atoms with E-state index in [-0.39, 0.29) is 12.2 Å². The van der Waals surface area contributed by atoms with Gasteiger partial charge < -0.3 is 30.2 Å². The van der Waals surface area contributed by atoms with Crippen LogP contribution in [0, 0.1) is 0 Å². The number of hydrogen-bond acceptors (Lipinski definition) is 12. The molecule has 0 saturated heterocycles. The molecule has 0 aromatic heterocycles. The van der Waals surface area contributed by atoms with Crippen LogP contribution in [0.2, 0.25) is 0 Å². The Hall–Kier alpha value is -2.63. The normalized spacial score (nSPS) is 14.6. The van der Waals surface area contributed by atoms with Gasteiger partial charge in [-0.1, -0.05) is 0 Å². The fourth-order valence-electron chi connectivity index (χ4n) is 2.77. The van der Waals surface area contributed by atoms with Gasteiger partial charge in [0.15, 0.2) is 0 Å². The van der Waals surface area contributed by atoms with Crippen LogP contribution in [0.25, 0.3) is 0 Å². The first-order valence-corrected chi connectivity index (χ1v) is 14.6. The standard InChI is InChI=1S/C24H43N3O12S2/c1-22(2,3)37-19(30)14(27-21(32)39-24(7,8)9)10-11-17(28)25-15(12-36-41(33,34)35)18(29)26-16(13-40)20(31)38-23(4,5)6/h14-16,40H,10-13H2,1-9H3,(H,25,28)(H,26,29)(H,27,32)(H,33,34,35)/t14-,15-,16-/m0/s1. The Balaban J connectivity index is 5.66. The summed E-state index contributed by atoms with van der Waals surface area (Å²) in [7, 11) is -5.01. The number of thiol groups is 1. The number of carbonyl (C=O) groups excluding carboxylic acids is 5. The Labute approximate surface area is 246 Å². The molecule has 0 aliphatic carbocycles. The van der Waals surface area contributed by atoms with Crippen molar-refractivity contribution in [2.75, 3.05) is 12.4 Å². The van der Waals surface area contributed by atoms with E-state index in [2.05, 4.69) is 32.8 Å². The lowest BCUT2D eigenvalue weighted by Gasteiger charge is -2.26. The van der Waals surface area contributed by atoms with E-state index in [4.69, 9.17) is 18.8 Å². The molecular weight excluding hydrogens is 586 g/mol. The number of amides is 3. The topological polar surface area (TPSA) is 213 Å².